The highest BCUT2D eigenvalue weighted by molar-refractivity contribution is 6.17. The van der Waals surface area contributed by atoms with Crippen LogP contribution in [0.5, 0.6) is 5.75 Å². The monoisotopic (exact) mass is 242 g/mol. The molecule has 0 bridgehead atoms. The fourth-order valence-corrected chi connectivity index (χ4v) is 1.36. The van der Waals surface area contributed by atoms with E-state index in [1.54, 1.807) is 0 Å². The van der Waals surface area contributed by atoms with Crippen LogP contribution in [-0.4, -0.2) is 18.8 Å². The predicted octanol–water partition coefficient (Wildman–Crippen LogP) is 3.62. The van der Waals surface area contributed by atoms with Gasteiger partial charge in [0.15, 0.2) is 0 Å². The topological polar surface area (TPSA) is 18.5 Å². The molecule has 3 heteroatoms. The Bertz CT molecular complexity index is 301. The zero-order valence-corrected chi connectivity index (χ0v) is 10.9. The maximum Gasteiger partial charge on any atom is 0.119 e. The van der Waals surface area contributed by atoms with Crippen molar-refractivity contribution in [2.24, 2.45) is 0 Å². The van der Waals surface area contributed by atoms with Crippen LogP contribution in [0.2, 0.25) is 0 Å². The van der Waals surface area contributed by atoms with Gasteiger partial charge in [0, 0.05) is 5.88 Å². The second kappa shape index (κ2) is 6.12. The quantitative estimate of drug-likeness (QED) is 0.580. The molecule has 1 aromatic carbocycles. The Labute approximate surface area is 103 Å². The maximum atomic E-state index is 5.70. The standard InChI is InChI=1S/C13H19ClO2/c1-13(2,3)16-9-8-15-12-6-4-11(10-14)5-7-12/h4-7H,8-10H2,1-3H3. The molecule has 0 radical (unpaired) electrons. The summed E-state index contributed by atoms with van der Waals surface area (Å²) < 4.78 is 11.1. The summed E-state index contributed by atoms with van der Waals surface area (Å²) in [5.74, 6) is 1.39. The second-order valence-corrected chi connectivity index (χ2v) is 4.85. The van der Waals surface area contributed by atoms with Gasteiger partial charge in [0.2, 0.25) is 0 Å². The third-order valence-corrected chi connectivity index (χ3v) is 2.27. The lowest BCUT2D eigenvalue weighted by Gasteiger charge is -2.19. The van der Waals surface area contributed by atoms with Crippen molar-refractivity contribution in [1.82, 2.24) is 0 Å². The van der Waals surface area contributed by atoms with Gasteiger partial charge in [0.1, 0.15) is 12.4 Å². The zero-order valence-electron chi connectivity index (χ0n) is 10.1. The van der Waals surface area contributed by atoms with Gasteiger partial charge in [-0.05, 0) is 38.5 Å². The van der Waals surface area contributed by atoms with E-state index in [4.69, 9.17) is 21.1 Å². The molecular formula is C13H19ClO2. The Kier molecular flexibility index (Phi) is 5.10. The van der Waals surface area contributed by atoms with E-state index in [1.807, 2.05) is 45.0 Å². The van der Waals surface area contributed by atoms with Crippen molar-refractivity contribution < 1.29 is 9.47 Å². The average molecular weight is 243 g/mol. The first kappa shape index (κ1) is 13.3. The summed E-state index contributed by atoms with van der Waals surface area (Å²) in [7, 11) is 0. The van der Waals surface area contributed by atoms with Crippen molar-refractivity contribution in [3.8, 4) is 5.75 Å². The highest BCUT2D eigenvalue weighted by atomic mass is 35.5. The Morgan fingerprint density at radius 2 is 1.69 bits per heavy atom. The lowest BCUT2D eigenvalue weighted by molar-refractivity contribution is -0.0163. The molecule has 0 heterocycles. The van der Waals surface area contributed by atoms with Gasteiger partial charge in [0.25, 0.3) is 0 Å². The number of hydrogen-bond donors (Lipinski definition) is 0. The van der Waals surface area contributed by atoms with Crippen molar-refractivity contribution in [1.29, 1.82) is 0 Å². The molecule has 0 atom stereocenters. The normalized spacial score (nSPS) is 11.5. The average Bonchev–Trinajstić information content (AvgIpc) is 2.24. The molecule has 2 nitrogen and oxygen atoms in total. The molecule has 1 rings (SSSR count). The molecule has 90 valence electrons. The van der Waals surface area contributed by atoms with E-state index in [2.05, 4.69) is 0 Å². The second-order valence-electron chi connectivity index (χ2n) is 4.59. The third kappa shape index (κ3) is 5.38. The minimum atomic E-state index is -0.105. The number of rotatable bonds is 5. The van der Waals surface area contributed by atoms with E-state index in [0.29, 0.717) is 19.1 Å². The first-order valence-electron chi connectivity index (χ1n) is 5.43. The molecule has 16 heavy (non-hydrogen) atoms. The summed E-state index contributed by atoms with van der Waals surface area (Å²) in [6.07, 6.45) is 0. The molecule has 0 spiro atoms. The van der Waals surface area contributed by atoms with Crippen LogP contribution >= 0.6 is 11.6 Å². The smallest absolute Gasteiger partial charge is 0.119 e. The zero-order chi connectivity index (χ0) is 12.0. The number of benzene rings is 1. The van der Waals surface area contributed by atoms with E-state index in [-0.39, 0.29) is 5.60 Å². The molecular weight excluding hydrogens is 224 g/mol. The van der Waals surface area contributed by atoms with Gasteiger partial charge in [-0.1, -0.05) is 12.1 Å². The third-order valence-electron chi connectivity index (χ3n) is 1.96. The minimum absolute atomic E-state index is 0.105. The van der Waals surface area contributed by atoms with Crippen LogP contribution in [0.4, 0.5) is 0 Å². The molecule has 0 aliphatic rings. The molecule has 0 saturated heterocycles. The minimum Gasteiger partial charge on any atom is -0.491 e. The largest absolute Gasteiger partial charge is 0.491 e. The van der Waals surface area contributed by atoms with Crippen molar-refractivity contribution in [2.45, 2.75) is 32.3 Å². The van der Waals surface area contributed by atoms with Gasteiger partial charge in [-0.3, -0.25) is 0 Å². The molecule has 0 aliphatic carbocycles. The van der Waals surface area contributed by atoms with Crippen molar-refractivity contribution >= 4 is 11.6 Å². The Balaban J connectivity index is 2.27. The molecule has 0 aliphatic heterocycles. The fourth-order valence-electron chi connectivity index (χ4n) is 1.18. The molecule has 0 aromatic heterocycles. The highest BCUT2D eigenvalue weighted by Crippen LogP contribution is 2.13. The van der Waals surface area contributed by atoms with E-state index < -0.39 is 0 Å². The summed E-state index contributed by atoms with van der Waals surface area (Å²) >= 11 is 5.70. The van der Waals surface area contributed by atoms with Crippen LogP contribution < -0.4 is 4.74 Å². The molecule has 1 aromatic rings. The predicted molar refractivity (Wildman–Crippen MR) is 67.2 cm³/mol. The van der Waals surface area contributed by atoms with Crippen LogP contribution in [0.1, 0.15) is 26.3 Å². The Morgan fingerprint density at radius 1 is 1.06 bits per heavy atom. The number of hydrogen-bond acceptors (Lipinski definition) is 2. The lowest BCUT2D eigenvalue weighted by Crippen LogP contribution is -2.22. The number of alkyl halides is 1. The molecule has 0 N–H and O–H groups in total. The van der Waals surface area contributed by atoms with E-state index >= 15 is 0 Å². The van der Waals surface area contributed by atoms with Gasteiger partial charge in [-0.2, -0.15) is 0 Å². The molecule has 0 unspecified atom stereocenters. The summed E-state index contributed by atoms with van der Waals surface area (Å²) in [5, 5.41) is 0. The molecule has 0 saturated carbocycles. The highest BCUT2D eigenvalue weighted by Gasteiger charge is 2.09. The first-order valence-corrected chi connectivity index (χ1v) is 5.96. The van der Waals surface area contributed by atoms with Gasteiger partial charge >= 0.3 is 0 Å². The van der Waals surface area contributed by atoms with Crippen LogP contribution in [0.15, 0.2) is 24.3 Å². The van der Waals surface area contributed by atoms with E-state index in [1.165, 1.54) is 0 Å². The summed E-state index contributed by atoms with van der Waals surface area (Å²) in [6, 6.07) is 7.78. The van der Waals surface area contributed by atoms with Crippen molar-refractivity contribution in [3.63, 3.8) is 0 Å². The van der Waals surface area contributed by atoms with Crippen LogP contribution in [0.25, 0.3) is 0 Å². The van der Waals surface area contributed by atoms with Gasteiger partial charge < -0.3 is 9.47 Å². The van der Waals surface area contributed by atoms with Crippen molar-refractivity contribution in [3.05, 3.63) is 29.8 Å². The van der Waals surface area contributed by atoms with E-state index in [9.17, 15) is 0 Å². The van der Waals surface area contributed by atoms with Gasteiger partial charge in [-0.25, -0.2) is 0 Å². The Morgan fingerprint density at radius 3 is 2.19 bits per heavy atom. The first-order chi connectivity index (χ1) is 7.51. The SMILES string of the molecule is CC(C)(C)OCCOc1ccc(CCl)cc1. The van der Waals surface area contributed by atoms with Gasteiger partial charge in [-0.15, -0.1) is 11.6 Å². The Hall–Kier alpha value is -0.730. The fraction of sp³-hybridized carbons (Fsp3) is 0.538. The molecule has 0 fully saturated rings. The number of halogens is 1. The van der Waals surface area contributed by atoms with Crippen LogP contribution in [0.3, 0.4) is 0 Å². The maximum absolute atomic E-state index is 5.70. The summed E-state index contributed by atoms with van der Waals surface area (Å²) in [6.45, 7) is 7.26. The summed E-state index contributed by atoms with van der Waals surface area (Å²) in [5.41, 5.74) is 0.992. The van der Waals surface area contributed by atoms with Crippen molar-refractivity contribution in [2.75, 3.05) is 13.2 Å². The van der Waals surface area contributed by atoms with E-state index in [0.717, 1.165) is 11.3 Å². The summed E-state index contributed by atoms with van der Waals surface area (Å²) in [4.78, 5) is 0. The van der Waals surface area contributed by atoms with Crippen LogP contribution in [0, 0.1) is 0 Å². The van der Waals surface area contributed by atoms with Crippen LogP contribution in [-0.2, 0) is 10.6 Å². The lowest BCUT2D eigenvalue weighted by atomic mass is 10.2. The number of ether oxygens (including phenoxy) is 2. The van der Waals surface area contributed by atoms with Gasteiger partial charge in [0.05, 0.1) is 12.2 Å². The molecule has 0 amide bonds.